The Morgan fingerprint density at radius 3 is 2.79 bits per heavy atom. The first kappa shape index (κ1) is 18.7. The molecule has 0 spiro atoms. The highest BCUT2D eigenvalue weighted by Crippen LogP contribution is 2.28. The highest BCUT2D eigenvalue weighted by atomic mass is 32.1. The van der Waals surface area contributed by atoms with Crippen LogP contribution in [-0.2, 0) is 16.0 Å². The fourth-order valence-corrected chi connectivity index (χ4v) is 4.90. The van der Waals surface area contributed by atoms with Crippen LogP contribution >= 0.6 is 11.3 Å². The number of rotatable bonds is 4. The van der Waals surface area contributed by atoms with E-state index in [1.807, 2.05) is 28.6 Å². The van der Waals surface area contributed by atoms with Crippen molar-refractivity contribution in [1.29, 1.82) is 0 Å². The molecule has 2 aliphatic rings. The van der Waals surface area contributed by atoms with Crippen molar-refractivity contribution in [2.75, 3.05) is 26.3 Å². The van der Waals surface area contributed by atoms with Crippen LogP contribution < -0.4 is 0 Å². The van der Waals surface area contributed by atoms with E-state index in [0.29, 0.717) is 31.2 Å². The molecule has 1 amide bonds. The Morgan fingerprint density at radius 1 is 1.28 bits per heavy atom. The lowest BCUT2D eigenvalue weighted by Crippen LogP contribution is -2.41. The van der Waals surface area contributed by atoms with Gasteiger partial charge < -0.3 is 14.4 Å². The molecule has 0 atom stereocenters. The maximum absolute atomic E-state index is 13.3. The largest absolute Gasteiger partial charge is 0.350 e. The molecule has 8 heteroatoms. The summed E-state index contributed by atoms with van der Waals surface area (Å²) >= 11 is 1.69. The molecule has 0 unspecified atom stereocenters. The Labute approximate surface area is 173 Å². The van der Waals surface area contributed by atoms with Crippen LogP contribution in [0.5, 0.6) is 0 Å². The SMILES string of the molecule is Cc1cc(C(=O)N2CCC(C3OCCO3)CC2)c2cnn(Cc3cccs3)c2n1. The lowest BCUT2D eigenvalue weighted by atomic mass is 9.95. The topological polar surface area (TPSA) is 69.5 Å². The summed E-state index contributed by atoms with van der Waals surface area (Å²) in [5.74, 6) is 0.428. The molecule has 5 heterocycles. The van der Waals surface area contributed by atoms with E-state index < -0.39 is 0 Å². The highest BCUT2D eigenvalue weighted by Gasteiger charge is 2.32. The highest BCUT2D eigenvalue weighted by molar-refractivity contribution is 7.09. The fourth-order valence-electron chi connectivity index (χ4n) is 4.21. The Bertz CT molecular complexity index is 1000. The predicted octanol–water partition coefficient (Wildman–Crippen LogP) is 3.07. The number of piperidine rings is 1. The van der Waals surface area contributed by atoms with Gasteiger partial charge in [0.05, 0.1) is 36.9 Å². The normalized spacial score (nSPS) is 18.7. The molecule has 29 heavy (non-hydrogen) atoms. The fraction of sp³-hybridized carbons (Fsp3) is 0.476. The summed E-state index contributed by atoms with van der Waals surface area (Å²) in [5.41, 5.74) is 2.29. The number of aryl methyl sites for hydroxylation is 1. The van der Waals surface area contributed by atoms with E-state index in [1.165, 1.54) is 4.88 Å². The van der Waals surface area contributed by atoms with Crippen LogP contribution in [0.1, 0.15) is 33.8 Å². The lowest BCUT2D eigenvalue weighted by Gasteiger charge is -2.34. The van der Waals surface area contributed by atoms with Crippen LogP contribution in [0.25, 0.3) is 11.0 Å². The van der Waals surface area contributed by atoms with Crippen molar-refractivity contribution < 1.29 is 14.3 Å². The monoisotopic (exact) mass is 412 g/mol. The second-order valence-electron chi connectivity index (χ2n) is 7.67. The quantitative estimate of drug-likeness (QED) is 0.659. The first-order chi connectivity index (χ1) is 14.2. The average molecular weight is 413 g/mol. The van der Waals surface area contributed by atoms with Crippen LogP contribution in [0.3, 0.4) is 0 Å². The molecule has 2 fully saturated rings. The van der Waals surface area contributed by atoms with Gasteiger partial charge in [-0.15, -0.1) is 11.3 Å². The van der Waals surface area contributed by atoms with Crippen molar-refractivity contribution in [2.24, 2.45) is 5.92 Å². The van der Waals surface area contributed by atoms with Crippen LogP contribution in [0.15, 0.2) is 29.8 Å². The average Bonchev–Trinajstić information content (AvgIpc) is 3.50. The molecule has 3 aromatic rings. The van der Waals surface area contributed by atoms with Crippen molar-refractivity contribution in [2.45, 2.75) is 32.6 Å². The van der Waals surface area contributed by atoms with Crippen LogP contribution in [-0.4, -0.2) is 58.2 Å². The zero-order valence-electron chi connectivity index (χ0n) is 16.4. The molecule has 0 N–H and O–H groups in total. The van der Waals surface area contributed by atoms with E-state index in [-0.39, 0.29) is 12.2 Å². The summed E-state index contributed by atoms with van der Waals surface area (Å²) < 4.78 is 13.2. The summed E-state index contributed by atoms with van der Waals surface area (Å²) in [6.07, 6.45) is 3.48. The molecule has 0 aliphatic carbocycles. The van der Waals surface area contributed by atoms with E-state index >= 15 is 0 Å². The molecular formula is C21H24N4O3S. The van der Waals surface area contributed by atoms with Gasteiger partial charge in [-0.05, 0) is 37.3 Å². The van der Waals surface area contributed by atoms with Crippen molar-refractivity contribution >= 4 is 28.3 Å². The number of pyridine rings is 1. The molecule has 0 aromatic carbocycles. The van der Waals surface area contributed by atoms with Gasteiger partial charge in [-0.2, -0.15) is 5.10 Å². The molecule has 5 rings (SSSR count). The standard InChI is InChI=1S/C21H24N4O3S/c1-14-11-17(18-12-22-25(19(18)23-14)13-16-3-2-10-29-16)20(26)24-6-4-15(5-7-24)21-27-8-9-28-21/h2-3,10-12,15,21H,4-9,13H2,1H3. The number of ether oxygens (including phenoxy) is 2. The van der Waals surface area contributed by atoms with Gasteiger partial charge in [0.15, 0.2) is 11.9 Å². The number of hydrogen-bond donors (Lipinski definition) is 0. The summed E-state index contributed by atoms with van der Waals surface area (Å²) in [4.78, 5) is 21.1. The van der Waals surface area contributed by atoms with E-state index in [1.54, 1.807) is 17.5 Å². The van der Waals surface area contributed by atoms with Gasteiger partial charge in [-0.1, -0.05) is 6.07 Å². The Hall–Kier alpha value is -2.29. The summed E-state index contributed by atoms with van der Waals surface area (Å²) in [7, 11) is 0. The van der Waals surface area contributed by atoms with Crippen LogP contribution in [0, 0.1) is 12.8 Å². The number of amides is 1. The number of fused-ring (bicyclic) bond motifs is 1. The third kappa shape index (κ3) is 3.68. The van der Waals surface area contributed by atoms with Gasteiger partial charge in [0.1, 0.15) is 0 Å². The lowest BCUT2D eigenvalue weighted by molar-refractivity contribution is -0.0956. The second kappa shape index (κ2) is 7.85. The molecule has 2 saturated heterocycles. The first-order valence-corrected chi connectivity index (χ1v) is 10.9. The zero-order chi connectivity index (χ0) is 19.8. The summed E-state index contributed by atoms with van der Waals surface area (Å²) in [6, 6.07) is 6.00. The van der Waals surface area contributed by atoms with E-state index in [4.69, 9.17) is 9.47 Å². The Morgan fingerprint density at radius 2 is 2.07 bits per heavy atom. The van der Waals surface area contributed by atoms with Crippen LogP contribution in [0.2, 0.25) is 0 Å². The first-order valence-electron chi connectivity index (χ1n) is 10.1. The minimum Gasteiger partial charge on any atom is -0.350 e. The smallest absolute Gasteiger partial charge is 0.254 e. The number of likely N-dealkylation sites (tertiary alicyclic amines) is 1. The van der Waals surface area contributed by atoms with Gasteiger partial charge in [-0.3, -0.25) is 4.79 Å². The zero-order valence-corrected chi connectivity index (χ0v) is 17.2. The molecule has 7 nitrogen and oxygen atoms in total. The number of nitrogens with zero attached hydrogens (tertiary/aromatic N) is 4. The number of thiophene rings is 1. The van der Waals surface area contributed by atoms with Gasteiger partial charge >= 0.3 is 0 Å². The van der Waals surface area contributed by atoms with Gasteiger partial charge in [0.25, 0.3) is 5.91 Å². The number of hydrogen-bond acceptors (Lipinski definition) is 6. The number of carbonyl (C=O) groups excluding carboxylic acids is 1. The molecule has 152 valence electrons. The van der Waals surface area contributed by atoms with Crippen molar-refractivity contribution in [3.8, 4) is 0 Å². The minimum absolute atomic E-state index is 0.0582. The van der Waals surface area contributed by atoms with Crippen LogP contribution in [0.4, 0.5) is 0 Å². The molecule has 2 aliphatic heterocycles. The third-order valence-electron chi connectivity index (χ3n) is 5.71. The third-order valence-corrected chi connectivity index (χ3v) is 6.57. The molecule has 0 bridgehead atoms. The van der Waals surface area contributed by atoms with Gasteiger partial charge in [-0.25, -0.2) is 9.67 Å². The Kier molecular flexibility index (Phi) is 5.07. The summed E-state index contributed by atoms with van der Waals surface area (Å²) in [5, 5.41) is 7.40. The number of aromatic nitrogens is 3. The molecule has 0 radical (unpaired) electrons. The summed E-state index contributed by atoms with van der Waals surface area (Å²) in [6.45, 7) is 5.39. The minimum atomic E-state index is -0.0994. The van der Waals surface area contributed by atoms with Crippen molar-refractivity contribution in [1.82, 2.24) is 19.7 Å². The van der Waals surface area contributed by atoms with E-state index in [0.717, 1.165) is 42.7 Å². The van der Waals surface area contributed by atoms with E-state index in [9.17, 15) is 4.79 Å². The van der Waals surface area contributed by atoms with E-state index in [2.05, 4.69) is 21.5 Å². The maximum Gasteiger partial charge on any atom is 0.254 e. The number of carbonyl (C=O) groups is 1. The maximum atomic E-state index is 13.3. The second-order valence-corrected chi connectivity index (χ2v) is 8.70. The van der Waals surface area contributed by atoms with Crippen molar-refractivity contribution in [3.05, 3.63) is 45.9 Å². The molecule has 0 saturated carbocycles. The van der Waals surface area contributed by atoms with Gasteiger partial charge in [0.2, 0.25) is 0 Å². The molecular weight excluding hydrogens is 388 g/mol. The Balaban J connectivity index is 1.37. The molecule has 3 aromatic heterocycles. The van der Waals surface area contributed by atoms with Gasteiger partial charge in [0, 0.05) is 29.6 Å². The predicted molar refractivity (Wildman–Crippen MR) is 110 cm³/mol. The van der Waals surface area contributed by atoms with Crippen molar-refractivity contribution in [3.63, 3.8) is 0 Å².